The number of benzene rings is 5. The number of para-hydroxylation sites is 5. The highest BCUT2D eigenvalue weighted by molar-refractivity contribution is 6.19. The lowest BCUT2D eigenvalue weighted by molar-refractivity contribution is 0.597. The highest BCUT2D eigenvalue weighted by Gasteiger charge is 2.24. The molecule has 0 saturated heterocycles. The van der Waals surface area contributed by atoms with E-state index in [9.17, 15) is 0 Å². The Morgan fingerprint density at radius 2 is 1.05 bits per heavy atom. The zero-order valence-electron chi connectivity index (χ0n) is 21.5. The Labute approximate surface area is 220 Å². The molecule has 0 unspecified atom stereocenters. The van der Waals surface area contributed by atoms with Crippen LogP contribution in [0.25, 0.3) is 55.2 Å². The van der Waals surface area contributed by atoms with Crippen LogP contribution in [0.5, 0.6) is 0 Å². The third-order valence-electron chi connectivity index (χ3n) is 8.26. The van der Waals surface area contributed by atoms with Gasteiger partial charge in [-0.25, -0.2) is 0 Å². The summed E-state index contributed by atoms with van der Waals surface area (Å²) in [4.78, 5) is 2.43. The third-order valence-corrected chi connectivity index (χ3v) is 8.26. The number of fused-ring (bicyclic) bond motifs is 10. The molecule has 0 amide bonds. The summed E-state index contributed by atoms with van der Waals surface area (Å²) in [5.74, 6) is 0. The van der Waals surface area contributed by atoms with E-state index in [1.807, 2.05) is 0 Å². The number of anilines is 1. The quantitative estimate of drug-likeness (QED) is 0.226. The molecule has 1 aliphatic heterocycles. The molecule has 0 saturated carbocycles. The number of nitrogens with zero attached hydrogens (tertiary/aromatic N) is 3. The van der Waals surface area contributed by atoms with Crippen molar-refractivity contribution in [2.75, 3.05) is 4.90 Å². The summed E-state index contributed by atoms with van der Waals surface area (Å²) in [7, 11) is 0. The molecule has 0 fully saturated rings. The molecule has 38 heavy (non-hydrogen) atoms. The van der Waals surface area contributed by atoms with Gasteiger partial charge in [-0.2, -0.15) is 0 Å². The van der Waals surface area contributed by atoms with Crippen molar-refractivity contribution in [1.29, 1.82) is 0 Å². The summed E-state index contributed by atoms with van der Waals surface area (Å²) in [6.07, 6.45) is 2.45. The molecule has 0 spiro atoms. The predicted octanol–water partition coefficient (Wildman–Crippen LogP) is 8.28. The van der Waals surface area contributed by atoms with Crippen LogP contribution in [0, 0.1) is 6.92 Å². The van der Waals surface area contributed by atoms with E-state index in [-0.39, 0.29) is 6.17 Å². The van der Waals surface area contributed by atoms with E-state index >= 15 is 0 Å². The van der Waals surface area contributed by atoms with Crippen molar-refractivity contribution in [3.05, 3.63) is 126 Å². The lowest BCUT2D eigenvalue weighted by atomic mass is 10.1. The largest absolute Gasteiger partial charge is 0.325 e. The van der Waals surface area contributed by atoms with Gasteiger partial charge in [-0.05, 0) is 43.7 Å². The highest BCUT2D eigenvalue weighted by atomic mass is 15.3. The van der Waals surface area contributed by atoms with Gasteiger partial charge in [0.25, 0.3) is 0 Å². The molecule has 7 aromatic rings. The van der Waals surface area contributed by atoms with Crippen LogP contribution >= 0.6 is 0 Å². The predicted molar refractivity (Wildman–Crippen MR) is 161 cm³/mol. The van der Waals surface area contributed by atoms with Gasteiger partial charge >= 0.3 is 0 Å². The zero-order valence-corrected chi connectivity index (χ0v) is 21.5. The molecule has 182 valence electrons. The molecule has 0 aliphatic carbocycles. The molecule has 0 N–H and O–H groups in total. The molecular formula is C35H27N3. The van der Waals surface area contributed by atoms with Gasteiger partial charge in [0.1, 0.15) is 6.17 Å². The van der Waals surface area contributed by atoms with Gasteiger partial charge in [0.2, 0.25) is 0 Å². The van der Waals surface area contributed by atoms with Crippen LogP contribution in [-0.4, -0.2) is 8.97 Å². The van der Waals surface area contributed by atoms with Crippen LogP contribution in [0.1, 0.15) is 18.7 Å². The fraction of sp³-hybridized carbons (Fsp3) is 0.0857. The van der Waals surface area contributed by atoms with Gasteiger partial charge in [0, 0.05) is 38.8 Å². The van der Waals surface area contributed by atoms with Gasteiger partial charge in [0.05, 0.1) is 27.4 Å². The Morgan fingerprint density at radius 3 is 1.76 bits per heavy atom. The Bertz CT molecular complexity index is 2180. The molecule has 3 heteroatoms. The monoisotopic (exact) mass is 489 g/mol. The first-order valence-electron chi connectivity index (χ1n) is 13.3. The minimum Gasteiger partial charge on any atom is -0.325 e. The van der Waals surface area contributed by atoms with Crippen LogP contribution in [-0.2, 0) is 0 Å². The SMILES string of the molecule is Cc1ccccc1N1C=c2c3ccccc3n3c4ccccc4c4cccc(c5ccccc5n2[C@@H]1C)c43. The smallest absolute Gasteiger partial charge is 0.108 e. The van der Waals surface area contributed by atoms with Crippen LogP contribution in [0.4, 0.5) is 5.69 Å². The lowest BCUT2D eigenvalue weighted by Gasteiger charge is -2.26. The highest BCUT2D eigenvalue weighted by Crippen LogP contribution is 2.37. The van der Waals surface area contributed by atoms with Crippen molar-refractivity contribution in [2.24, 2.45) is 0 Å². The molecule has 1 atom stereocenters. The van der Waals surface area contributed by atoms with Gasteiger partial charge < -0.3 is 13.9 Å². The second-order valence-electron chi connectivity index (χ2n) is 10.3. The van der Waals surface area contributed by atoms with Crippen LogP contribution < -0.4 is 10.2 Å². The summed E-state index contributed by atoms with van der Waals surface area (Å²) < 4.78 is 5.01. The molecular weight excluding hydrogens is 462 g/mol. The molecule has 3 heterocycles. The summed E-state index contributed by atoms with van der Waals surface area (Å²) in [6.45, 7) is 4.51. The number of rotatable bonds is 1. The van der Waals surface area contributed by atoms with Crippen molar-refractivity contribution in [2.45, 2.75) is 20.0 Å². The zero-order chi connectivity index (χ0) is 25.4. The van der Waals surface area contributed by atoms with Gasteiger partial charge in [-0.15, -0.1) is 0 Å². The minimum absolute atomic E-state index is 0.105. The van der Waals surface area contributed by atoms with E-state index in [1.54, 1.807) is 0 Å². The summed E-state index contributed by atoms with van der Waals surface area (Å²) in [6, 6.07) is 42.0. The standard InChI is InChI=1S/C35H27N3/c1-23-12-3-7-18-30(23)36-22-34-29-15-6-10-21-33(29)38-32-20-9-5-14-26(32)28-17-11-16-27(35(28)38)25-13-4-8-19-31(25)37(34)24(36)2/h3-22,24H,1-2H3/t24-/m1/s1. The van der Waals surface area contributed by atoms with E-state index < -0.39 is 0 Å². The van der Waals surface area contributed by atoms with Gasteiger partial charge in [-0.3, -0.25) is 0 Å². The first kappa shape index (κ1) is 21.3. The molecule has 0 bridgehead atoms. The van der Waals surface area contributed by atoms with Crippen molar-refractivity contribution in [1.82, 2.24) is 8.97 Å². The number of aromatic nitrogens is 2. The molecule has 2 aromatic heterocycles. The average molecular weight is 490 g/mol. The average Bonchev–Trinajstić information content (AvgIpc) is 3.49. The molecule has 8 rings (SSSR count). The van der Waals surface area contributed by atoms with E-state index in [1.165, 1.54) is 65.6 Å². The Morgan fingerprint density at radius 1 is 0.526 bits per heavy atom. The summed E-state index contributed by atoms with van der Waals surface area (Å²) >= 11 is 0. The summed E-state index contributed by atoms with van der Waals surface area (Å²) in [5.41, 5.74) is 7.43. The van der Waals surface area contributed by atoms with E-state index in [0.717, 1.165) is 0 Å². The Hall–Kier alpha value is -4.76. The normalized spacial score (nSPS) is 15.0. The van der Waals surface area contributed by atoms with Crippen molar-refractivity contribution < 1.29 is 0 Å². The van der Waals surface area contributed by atoms with E-state index in [2.05, 4.69) is 149 Å². The Balaban J connectivity index is 1.72. The topological polar surface area (TPSA) is 12.6 Å². The van der Waals surface area contributed by atoms with Crippen LogP contribution in [0.2, 0.25) is 0 Å². The maximum Gasteiger partial charge on any atom is 0.108 e. The Kier molecular flexibility index (Phi) is 4.42. The van der Waals surface area contributed by atoms with Crippen molar-refractivity contribution >= 4 is 60.9 Å². The maximum atomic E-state index is 2.52. The third kappa shape index (κ3) is 2.79. The first-order chi connectivity index (χ1) is 18.7. The molecule has 1 aliphatic rings. The van der Waals surface area contributed by atoms with Crippen LogP contribution in [0.3, 0.4) is 0 Å². The second-order valence-corrected chi connectivity index (χ2v) is 10.3. The first-order valence-corrected chi connectivity index (χ1v) is 13.3. The molecule has 3 nitrogen and oxygen atoms in total. The number of hydrogen-bond donors (Lipinski definition) is 0. The molecule has 0 radical (unpaired) electrons. The lowest BCUT2D eigenvalue weighted by Crippen LogP contribution is -2.23. The van der Waals surface area contributed by atoms with Gasteiger partial charge in [0.15, 0.2) is 0 Å². The fourth-order valence-electron chi connectivity index (χ4n) is 6.56. The second kappa shape index (κ2) is 7.87. The van der Waals surface area contributed by atoms with Crippen LogP contribution in [0.15, 0.2) is 115 Å². The van der Waals surface area contributed by atoms with Crippen molar-refractivity contribution in [3.8, 4) is 0 Å². The fourth-order valence-corrected chi connectivity index (χ4v) is 6.56. The van der Waals surface area contributed by atoms with Gasteiger partial charge in [-0.1, -0.05) is 91.0 Å². The van der Waals surface area contributed by atoms with E-state index in [0.29, 0.717) is 0 Å². The number of aryl methyl sites for hydroxylation is 1. The summed E-state index contributed by atoms with van der Waals surface area (Å²) in [5, 5.41) is 7.51. The maximum absolute atomic E-state index is 2.52. The minimum atomic E-state index is 0.105. The van der Waals surface area contributed by atoms with Crippen molar-refractivity contribution in [3.63, 3.8) is 0 Å². The number of hydrogen-bond acceptors (Lipinski definition) is 1. The molecule has 5 aromatic carbocycles. The van der Waals surface area contributed by atoms with E-state index in [4.69, 9.17) is 0 Å².